The summed E-state index contributed by atoms with van der Waals surface area (Å²) in [5.74, 6) is -0.847. The standard InChI is InChI=1S/C18H20N2O3S/c1-4-19-13-8-6-5-7-12(13)18(2,3)14(19)9-16-20(10-17(22)23)15(21)11-24-16/h5-9H,4,10-11H2,1-3H3/p+1. The monoisotopic (exact) mass is 345 g/mol. The Balaban J connectivity index is 2.08. The summed E-state index contributed by atoms with van der Waals surface area (Å²) in [4.78, 5) is 24.4. The first-order chi connectivity index (χ1) is 11.4. The minimum absolute atomic E-state index is 0.148. The maximum Gasteiger partial charge on any atom is 0.323 e. The van der Waals surface area contributed by atoms with E-state index in [9.17, 15) is 9.59 Å². The summed E-state index contributed by atoms with van der Waals surface area (Å²) >= 11 is 1.41. The van der Waals surface area contributed by atoms with Crippen LogP contribution in [0, 0.1) is 0 Å². The Morgan fingerprint density at radius 1 is 1.42 bits per heavy atom. The highest BCUT2D eigenvalue weighted by Crippen LogP contribution is 2.41. The third kappa shape index (κ3) is 2.65. The molecule has 1 aromatic rings. The summed E-state index contributed by atoms with van der Waals surface area (Å²) in [6, 6.07) is 8.30. The molecule has 1 N–H and O–H groups in total. The number of fused-ring (bicyclic) bond motifs is 1. The van der Waals surface area contributed by atoms with Crippen molar-refractivity contribution >= 4 is 35.0 Å². The van der Waals surface area contributed by atoms with Gasteiger partial charge >= 0.3 is 5.97 Å². The number of carboxylic acid groups (broad SMARTS) is 1. The molecule has 1 aromatic carbocycles. The second-order valence-electron chi connectivity index (χ2n) is 6.42. The highest BCUT2D eigenvalue weighted by atomic mass is 32.2. The molecule has 2 aliphatic rings. The normalized spacial score (nSPS) is 20.9. The van der Waals surface area contributed by atoms with Crippen LogP contribution in [0.4, 0.5) is 5.69 Å². The molecule has 2 aliphatic heterocycles. The highest BCUT2D eigenvalue weighted by molar-refractivity contribution is 8.04. The summed E-state index contributed by atoms with van der Waals surface area (Å²) in [5, 5.41) is 9.78. The van der Waals surface area contributed by atoms with Crippen molar-refractivity contribution in [1.29, 1.82) is 0 Å². The van der Waals surface area contributed by atoms with Gasteiger partial charge in [0.1, 0.15) is 13.1 Å². The minimum Gasteiger partial charge on any atom is -0.480 e. The van der Waals surface area contributed by atoms with Crippen LogP contribution in [0.2, 0.25) is 0 Å². The van der Waals surface area contributed by atoms with E-state index in [1.54, 1.807) is 0 Å². The number of carbonyl (C=O) groups excluding carboxylic acids is 1. The van der Waals surface area contributed by atoms with Gasteiger partial charge in [0.25, 0.3) is 0 Å². The number of thioether (sulfide) groups is 1. The third-order valence-corrected chi connectivity index (χ3v) is 5.61. The number of aliphatic carboxylic acids is 1. The number of carbonyl (C=O) groups is 2. The van der Waals surface area contributed by atoms with E-state index in [1.807, 2.05) is 18.2 Å². The van der Waals surface area contributed by atoms with Gasteiger partial charge < -0.3 is 5.11 Å². The van der Waals surface area contributed by atoms with Gasteiger partial charge in [0, 0.05) is 17.7 Å². The topological polar surface area (TPSA) is 60.6 Å². The van der Waals surface area contributed by atoms with E-state index in [0.717, 1.165) is 17.3 Å². The van der Waals surface area contributed by atoms with Crippen LogP contribution in [-0.2, 0) is 15.0 Å². The zero-order valence-corrected chi connectivity index (χ0v) is 14.9. The van der Waals surface area contributed by atoms with Gasteiger partial charge in [-0.3, -0.25) is 14.5 Å². The Bertz CT molecular complexity index is 780. The third-order valence-electron chi connectivity index (χ3n) is 4.58. The lowest BCUT2D eigenvalue weighted by Gasteiger charge is -2.18. The predicted octanol–water partition coefficient (Wildman–Crippen LogP) is 2.58. The SMILES string of the molecule is CC[N+]1=C(/C=C2\SCC(=O)N2CC(=O)O)C(C)(C)c2ccccc21. The van der Waals surface area contributed by atoms with Crippen molar-refractivity contribution in [1.82, 2.24) is 4.90 Å². The van der Waals surface area contributed by atoms with Crippen molar-refractivity contribution in [2.24, 2.45) is 0 Å². The number of hydrogen-bond acceptors (Lipinski definition) is 3. The second-order valence-corrected chi connectivity index (χ2v) is 7.41. The van der Waals surface area contributed by atoms with E-state index in [2.05, 4.69) is 37.5 Å². The summed E-state index contributed by atoms with van der Waals surface area (Å²) in [6.45, 7) is 6.95. The van der Waals surface area contributed by atoms with Crippen LogP contribution in [0.15, 0.2) is 35.4 Å². The van der Waals surface area contributed by atoms with Gasteiger partial charge in [-0.2, -0.15) is 4.58 Å². The Hall–Kier alpha value is -2.08. The van der Waals surface area contributed by atoms with Crippen LogP contribution in [0.3, 0.4) is 0 Å². The summed E-state index contributed by atoms with van der Waals surface area (Å²) in [6.07, 6.45) is 1.99. The molecule has 0 unspecified atom stereocenters. The molecule has 24 heavy (non-hydrogen) atoms. The molecule has 2 heterocycles. The number of carboxylic acids is 1. The van der Waals surface area contributed by atoms with Crippen molar-refractivity contribution in [3.05, 3.63) is 40.9 Å². The first kappa shape index (κ1) is 16.8. The van der Waals surface area contributed by atoms with Crippen molar-refractivity contribution in [3.63, 3.8) is 0 Å². The second kappa shape index (κ2) is 6.09. The number of rotatable bonds is 4. The van der Waals surface area contributed by atoms with Crippen LogP contribution in [-0.4, -0.2) is 51.0 Å². The van der Waals surface area contributed by atoms with Gasteiger partial charge in [-0.1, -0.05) is 30.0 Å². The first-order valence-corrected chi connectivity index (χ1v) is 8.96. The van der Waals surface area contributed by atoms with Crippen LogP contribution < -0.4 is 0 Å². The average Bonchev–Trinajstić information content (AvgIpc) is 2.97. The highest BCUT2D eigenvalue weighted by Gasteiger charge is 2.44. The Labute approximate surface area is 145 Å². The maximum atomic E-state index is 12.0. The lowest BCUT2D eigenvalue weighted by Crippen LogP contribution is -2.32. The van der Waals surface area contributed by atoms with E-state index in [1.165, 1.54) is 27.9 Å². The van der Waals surface area contributed by atoms with Crippen LogP contribution in [0.5, 0.6) is 0 Å². The fourth-order valence-electron chi connectivity index (χ4n) is 3.39. The summed E-state index contributed by atoms with van der Waals surface area (Å²) < 4.78 is 2.24. The average molecular weight is 345 g/mol. The van der Waals surface area contributed by atoms with E-state index < -0.39 is 5.97 Å². The van der Waals surface area contributed by atoms with Gasteiger partial charge in [-0.15, -0.1) is 0 Å². The minimum atomic E-state index is -0.997. The number of allylic oxidation sites excluding steroid dienone is 1. The predicted molar refractivity (Wildman–Crippen MR) is 94.8 cm³/mol. The van der Waals surface area contributed by atoms with Gasteiger partial charge in [-0.05, 0) is 20.8 Å². The lowest BCUT2D eigenvalue weighted by molar-refractivity contribution is -0.433. The molecule has 0 radical (unpaired) electrons. The molecular formula is C18H21N2O3S+. The van der Waals surface area contributed by atoms with Crippen LogP contribution in [0.25, 0.3) is 0 Å². The maximum absolute atomic E-state index is 12.0. The first-order valence-electron chi connectivity index (χ1n) is 7.97. The fourth-order valence-corrected chi connectivity index (χ4v) is 4.34. The molecule has 0 spiro atoms. The van der Waals surface area contributed by atoms with E-state index >= 15 is 0 Å². The van der Waals surface area contributed by atoms with Gasteiger partial charge in [0.2, 0.25) is 11.6 Å². The van der Waals surface area contributed by atoms with Crippen LogP contribution >= 0.6 is 11.8 Å². The molecule has 0 aromatic heterocycles. The molecule has 6 heteroatoms. The number of hydrogen-bond donors (Lipinski definition) is 1. The van der Waals surface area contributed by atoms with Gasteiger partial charge in [-0.25, -0.2) is 0 Å². The molecule has 1 saturated heterocycles. The van der Waals surface area contributed by atoms with Crippen molar-refractivity contribution < 1.29 is 19.3 Å². The van der Waals surface area contributed by atoms with E-state index in [-0.39, 0.29) is 17.9 Å². The van der Waals surface area contributed by atoms with E-state index in [4.69, 9.17) is 5.11 Å². The molecule has 1 fully saturated rings. The number of benzene rings is 1. The largest absolute Gasteiger partial charge is 0.480 e. The molecule has 126 valence electrons. The molecule has 5 nitrogen and oxygen atoms in total. The molecule has 3 rings (SSSR count). The lowest BCUT2D eigenvalue weighted by atomic mass is 9.81. The van der Waals surface area contributed by atoms with Crippen molar-refractivity contribution in [3.8, 4) is 0 Å². The number of amides is 1. The smallest absolute Gasteiger partial charge is 0.323 e. The number of nitrogens with zero attached hydrogens (tertiary/aromatic N) is 2. The van der Waals surface area contributed by atoms with Gasteiger partial charge in [0.05, 0.1) is 16.2 Å². The molecular weight excluding hydrogens is 324 g/mol. The Kier molecular flexibility index (Phi) is 4.25. The van der Waals surface area contributed by atoms with Crippen molar-refractivity contribution in [2.75, 3.05) is 18.8 Å². The molecule has 0 saturated carbocycles. The quantitative estimate of drug-likeness (QED) is 0.852. The zero-order valence-electron chi connectivity index (χ0n) is 14.1. The van der Waals surface area contributed by atoms with Crippen molar-refractivity contribution in [2.45, 2.75) is 26.2 Å². The molecule has 0 aliphatic carbocycles. The summed E-state index contributed by atoms with van der Waals surface area (Å²) in [5.41, 5.74) is 3.33. The Morgan fingerprint density at radius 3 is 2.79 bits per heavy atom. The molecule has 0 bridgehead atoms. The molecule has 1 amide bonds. The van der Waals surface area contributed by atoms with E-state index in [0.29, 0.717) is 5.75 Å². The fraction of sp³-hybridized carbons (Fsp3) is 0.389. The van der Waals surface area contributed by atoms with Gasteiger partial charge in [0.15, 0.2) is 5.71 Å². The number of para-hydroxylation sites is 1. The van der Waals surface area contributed by atoms with Crippen LogP contribution in [0.1, 0.15) is 26.3 Å². The zero-order chi connectivity index (χ0) is 17.5. The molecule has 0 atom stereocenters. The Morgan fingerprint density at radius 2 is 2.12 bits per heavy atom. The summed E-state index contributed by atoms with van der Waals surface area (Å²) in [7, 11) is 0.